The van der Waals surface area contributed by atoms with Crippen LogP contribution < -0.4 is 4.74 Å². The molecule has 1 heterocycles. The number of halogens is 2. The SMILES string of the molecule is COc1cccc(CO[C@H](CN2CCN(S(=O)(=O)c3cc(C)ccc3F)CC2)c2ccc(Cl)cc2)c1. The molecule has 3 aromatic carbocycles. The van der Waals surface area contributed by atoms with Crippen LogP contribution in [0.3, 0.4) is 0 Å². The van der Waals surface area contributed by atoms with Gasteiger partial charge in [-0.3, -0.25) is 4.90 Å². The van der Waals surface area contributed by atoms with Crippen molar-refractivity contribution < 1.29 is 22.3 Å². The van der Waals surface area contributed by atoms with Crippen LogP contribution in [0.1, 0.15) is 22.8 Å². The molecular weight excluding hydrogens is 503 g/mol. The zero-order chi connectivity index (χ0) is 25.7. The van der Waals surface area contributed by atoms with Crippen LogP contribution >= 0.6 is 11.6 Å². The number of rotatable bonds is 9. The fourth-order valence-corrected chi connectivity index (χ4v) is 5.92. The monoisotopic (exact) mass is 532 g/mol. The molecule has 1 atom stereocenters. The van der Waals surface area contributed by atoms with Gasteiger partial charge in [0, 0.05) is 37.7 Å². The van der Waals surface area contributed by atoms with E-state index in [2.05, 4.69) is 4.90 Å². The third-order valence-corrected chi connectivity index (χ3v) is 8.45. The van der Waals surface area contributed by atoms with E-state index in [0.29, 0.717) is 36.8 Å². The van der Waals surface area contributed by atoms with Crippen molar-refractivity contribution in [1.29, 1.82) is 0 Å². The van der Waals surface area contributed by atoms with Gasteiger partial charge in [0.1, 0.15) is 16.5 Å². The molecular formula is C27H30ClFN2O4S. The highest BCUT2D eigenvalue weighted by molar-refractivity contribution is 7.89. The maximum atomic E-state index is 14.3. The fraction of sp³-hybridized carbons (Fsp3) is 0.333. The second-order valence-corrected chi connectivity index (χ2v) is 11.2. The zero-order valence-corrected chi connectivity index (χ0v) is 21.9. The lowest BCUT2D eigenvalue weighted by Crippen LogP contribution is -2.49. The van der Waals surface area contributed by atoms with E-state index in [1.807, 2.05) is 48.5 Å². The summed E-state index contributed by atoms with van der Waals surface area (Å²) in [6.45, 7) is 4.30. The summed E-state index contributed by atoms with van der Waals surface area (Å²) >= 11 is 6.09. The first-order valence-electron chi connectivity index (χ1n) is 11.7. The number of hydrogen-bond donors (Lipinski definition) is 0. The maximum Gasteiger partial charge on any atom is 0.246 e. The van der Waals surface area contributed by atoms with Crippen molar-refractivity contribution in [2.24, 2.45) is 0 Å². The van der Waals surface area contributed by atoms with Crippen LogP contribution in [0.2, 0.25) is 5.02 Å². The van der Waals surface area contributed by atoms with Crippen LogP contribution in [0, 0.1) is 12.7 Å². The zero-order valence-electron chi connectivity index (χ0n) is 20.4. The Morgan fingerprint density at radius 3 is 2.42 bits per heavy atom. The number of aryl methyl sites for hydroxylation is 1. The Morgan fingerprint density at radius 2 is 1.72 bits per heavy atom. The molecule has 0 aliphatic carbocycles. The Morgan fingerprint density at radius 1 is 1.00 bits per heavy atom. The summed E-state index contributed by atoms with van der Waals surface area (Å²) in [5.74, 6) is 0.0401. The first kappa shape index (κ1) is 26.6. The molecule has 0 N–H and O–H groups in total. The van der Waals surface area contributed by atoms with Gasteiger partial charge >= 0.3 is 0 Å². The summed E-state index contributed by atoms with van der Waals surface area (Å²) in [4.78, 5) is 1.90. The van der Waals surface area contributed by atoms with Crippen LogP contribution in [-0.2, 0) is 21.4 Å². The number of nitrogens with zero attached hydrogens (tertiary/aromatic N) is 2. The first-order valence-corrected chi connectivity index (χ1v) is 13.6. The summed E-state index contributed by atoms with van der Waals surface area (Å²) in [6.07, 6.45) is -0.245. The van der Waals surface area contributed by atoms with Crippen molar-refractivity contribution in [2.75, 3.05) is 39.8 Å². The Labute approximate surface area is 217 Å². The van der Waals surface area contributed by atoms with Crippen LogP contribution in [0.4, 0.5) is 4.39 Å². The van der Waals surface area contributed by atoms with E-state index in [1.54, 1.807) is 20.1 Å². The summed E-state index contributed by atoms with van der Waals surface area (Å²) in [7, 11) is -2.27. The Balaban J connectivity index is 1.43. The predicted octanol–water partition coefficient (Wildman–Crippen LogP) is 5.06. The van der Waals surface area contributed by atoms with E-state index in [0.717, 1.165) is 16.9 Å². The Bertz CT molecular complexity index is 1280. The minimum atomic E-state index is -3.90. The average molecular weight is 533 g/mol. The molecule has 6 nitrogen and oxygen atoms in total. The highest BCUT2D eigenvalue weighted by atomic mass is 35.5. The number of sulfonamides is 1. The molecule has 1 aliphatic rings. The largest absolute Gasteiger partial charge is 0.497 e. The number of hydrogen-bond acceptors (Lipinski definition) is 5. The third kappa shape index (κ3) is 6.44. The third-order valence-electron chi connectivity index (χ3n) is 6.29. The molecule has 36 heavy (non-hydrogen) atoms. The maximum absolute atomic E-state index is 14.3. The second kappa shape index (κ2) is 11.7. The van der Waals surface area contributed by atoms with E-state index < -0.39 is 15.8 Å². The van der Waals surface area contributed by atoms with Gasteiger partial charge in [-0.2, -0.15) is 4.31 Å². The van der Waals surface area contributed by atoms with Crippen LogP contribution in [0.15, 0.2) is 71.6 Å². The van der Waals surface area contributed by atoms with E-state index in [1.165, 1.54) is 16.4 Å². The standard InChI is InChI=1S/C27H30ClFN2O4S/c1-20-6-11-25(29)27(16-20)36(32,33)31-14-12-30(13-15-31)18-26(22-7-9-23(28)10-8-22)35-19-21-4-3-5-24(17-21)34-2/h3-11,16-17,26H,12-15,18-19H2,1-2H3/t26-/m1/s1. The van der Waals surface area contributed by atoms with Crippen LogP contribution in [-0.4, -0.2) is 57.5 Å². The lowest BCUT2D eigenvalue weighted by molar-refractivity contribution is 0.00766. The smallest absolute Gasteiger partial charge is 0.246 e. The van der Waals surface area contributed by atoms with Crippen molar-refractivity contribution in [3.63, 3.8) is 0 Å². The van der Waals surface area contributed by atoms with Crippen molar-refractivity contribution in [3.05, 3.63) is 94.3 Å². The molecule has 9 heteroatoms. The highest BCUT2D eigenvalue weighted by Crippen LogP contribution is 2.26. The van der Waals surface area contributed by atoms with Crippen molar-refractivity contribution in [2.45, 2.75) is 24.5 Å². The number of methoxy groups -OCH3 is 1. The quantitative estimate of drug-likeness (QED) is 0.385. The lowest BCUT2D eigenvalue weighted by atomic mass is 10.1. The molecule has 192 valence electrons. The summed E-state index contributed by atoms with van der Waals surface area (Å²) in [5, 5.41) is 0.646. The molecule has 0 aromatic heterocycles. The first-order chi connectivity index (χ1) is 17.3. The van der Waals surface area contributed by atoms with Gasteiger partial charge in [0.05, 0.1) is 19.8 Å². The predicted molar refractivity (Wildman–Crippen MR) is 138 cm³/mol. The van der Waals surface area contributed by atoms with E-state index in [4.69, 9.17) is 21.1 Å². The lowest BCUT2D eigenvalue weighted by Gasteiger charge is -2.36. The molecule has 1 saturated heterocycles. The molecule has 1 aliphatic heterocycles. The average Bonchev–Trinajstić information content (AvgIpc) is 2.89. The van der Waals surface area contributed by atoms with Crippen LogP contribution in [0.25, 0.3) is 0 Å². The van der Waals surface area contributed by atoms with Gasteiger partial charge in [-0.15, -0.1) is 0 Å². The Kier molecular flexibility index (Phi) is 8.64. The van der Waals surface area contributed by atoms with Gasteiger partial charge in [0.25, 0.3) is 0 Å². The van der Waals surface area contributed by atoms with E-state index in [-0.39, 0.29) is 24.1 Å². The molecule has 3 aromatic rings. The number of ether oxygens (including phenoxy) is 2. The van der Waals surface area contributed by atoms with E-state index in [9.17, 15) is 12.8 Å². The van der Waals surface area contributed by atoms with Gasteiger partial charge in [-0.25, -0.2) is 12.8 Å². The molecule has 0 bridgehead atoms. The molecule has 0 radical (unpaired) electrons. The van der Waals surface area contributed by atoms with Crippen molar-refractivity contribution in [1.82, 2.24) is 9.21 Å². The van der Waals surface area contributed by atoms with E-state index >= 15 is 0 Å². The summed E-state index contributed by atoms with van der Waals surface area (Å²) in [6, 6.07) is 19.4. The summed E-state index contributed by atoms with van der Waals surface area (Å²) < 4.78 is 53.4. The number of benzene rings is 3. The molecule has 0 unspecified atom stereocenters. The van der Waals surface area contributed by atoms with Gasteiger partial charge in [-0.05, 0) is 60.0 Å². The van der Waals surface area contributed by atoms with Gasteiger partial charge in [-0.1, -0.05) is 41.9 Å². The Hall–Kier alpha value is -2.49. The van der Waals surface area contributed by atoms with Gasteiger partial charge in [0.2, 0.25) is 10.0 Å². The number of piperazine rings is 1. The van der Waals surface area contributed by atoms with Gasteiger partial charge < -0.3 is 9.47 Å². The van der Waals surface area contributed by atoms with Crippen LogP contribution in [0.5, 0.6) is 5.75 Å². The molecule has 0 amide bonds. The minimum Gasteiger partial charge on any atom is -0.497 e. The normalized spacial score (nSPS) is 16.1. The van der Waals surface area contributed by atoms with Gasteiger partial charge in [0.15, 0.2) is 0 Å². The topological polar surface area (TPSA) is 59.1 Å². The van der Waals surface area contributed by atoms with Crippen molar-refractivity contribution in [3.8, 4) is 5.75 Å². The minimum absolute atomic E-state index is 0.245. The molecule has 0 saturated carbocycles. The molecule has 0 spiro atoms. The highest BCUT2D eigenvalue weighted by Gasteiger charge is 2.31. The fourth-order valence-electron chi connectivity index (χ4n) is 4.23. The molecule has 1 fully saturated rings. The second-order valence-electron chi connectivity index (χ2n) is 8.84. The van der Waals surface area contributed by atoms with Crippen molar-refractivity contribution >= 4 is 21.6 Å². The summed E-state index contributed by atoms with van der Waals surface area (Å²) in [5.41, 5.74) is 2.68. The molecule has 4 rings (SSSR count).